The summed E-state index contributed by atoms with van der Waals surface area (Å²) in [5, 5.41) is 0. The number of nitrogens with two attached hydrogens (primary N) is 1. The van der Waals surface area contributed by atoms with E-state index in [2.05, 4.69) is 0 Å². The summed E-state index contributed by atoms with van der Waals surface area (Å²) in [6.45, 7) is 4.56. The molecule has 0 heterocycles. The first-order valence-electron chi connectivity index (χ1n) is 5.57. The summed E-state index contributed by atoms with van der Waals surface area (Å²) in [4.78, 5) is 11.4. The molecule has 0 bridgehead atoms. The maximum absolute atomic E-state index is 11.4. The quantitative estimate of drug-likeness (QED) is 0.662. The van der Waals surface area contributed by atoms with Crippen molar-refractivity contribution < 1.29 is 9.53 Å². The standard InChI is InChI=1S/C11H21NO2/c1-3-8(2)10(12)11(13)14-7-6-9-4-5-9/h8-10H,3-7,12H2,1-2H3/t8?,10-/m0/s1. The number of ether oxygens (including phenoxy) is 1. The van der Waals surface area contributed by atoms with E-state index < -0.39 is 6.04 Å². The van der Waals surface area contributed by atoms with E-state index in [0.29, 0.717) is 6.61 Å². The highest BCUT2D eigenvalue weighted by Crippen LogP contribution is 2.32. The van der Waals surface area contributed by atoms with Gasteiger partial charge >= 0.3 is 5.97 Å². The fourth-order valence-corrected chi connectivity index (χ4v) is 1.32. The van der Waals surface area contributed by atoms with Gasteiger partial charge in [0.2, 0.25) is 0 Å². The SMILES string of the molecule is CCC(C)[C@H](N)C(=O)OCCC1CC1. The molecule has 1 fully saturated rings. The second-order valence-electron chi connectivity index (χ2n) is 4.31. The highest BCUT2D eigenvalue weighted by atomic mass is 16.5. The van der Waals surface area contributed by atoms with Gasteiger partial charge in [-0.15, -0.1) is 0 Å². The second-order valence-corrected chi connectivity index (χ2v) is 4.31. The fraction of sp³-hybridized carbons (Fsp3) is 0.909. The van der Waals surface area contributed by atoms with Crippen molar-refractivity contribution in [2.45, 2.75) is 45.6 Å². The predicted molar refractivity (Wildman–Crippen MR) is 55.7 cm³/mol. The van der Waals surface area contributed by atoms with E-state index >= 15 is 0 Å². The van der Waals surface area contributed by atoms with Gasteiger partial charge in [-0.2, -0.15) is 0 Å². The van der Waals surface area contributed by atoms with Crippen LogP contribution in [-0.4, -0.2) is 18.6 Å². The number of carbonyl (C=O) groups is 1. The third kappa shape index (κ3) is 3.66. The van der Waals surface area contributed by atoms with Crippen molar-refractivity contribution in [2.24, 2.45) is 17.6 Å². The van der Waals surface area contributed by atoms with Gasteiger partial charge in [-0.25, -0.2) is 0 Å². The predicted octanol–water partition coefficient (Wildman–Crippen LogP) is 1.70. The molecule has 82 valence electrons. The van der Waals surface area contributed by atoms with E-state index in [4.69, 9.17) is 10.5 Å². The zero-order valence-electron chi connectivity index (χ0n) is 9.16. The normalized spacial score (nSPS) is 20.2. The third-order valence-corrected chi connectivity index (χ3v) is 3.00. The molecule has 0 radical (unpaired) electrons. The van der Waals surface area contributed by atoms with Gasteiger partial charge < -0.3 is 10.5 Å². The topological polar surface area (TPSA) is 52.3 Å². The Morgan fingerprint density at radius 1 is 1.57 bits per heavy atom. The molecule has 0 amide bonds. The molecule has 3 nitrogen and oxygen atoms in total. The molecule has 0 spiro atoms. The van der Waals surface area contributed by atoms with Crippen LogP contribution in [0.3, 0.4) is 0 Å². The Labute approximate surface area is 86.0 Å². The Balaban J connectivity index is 2.11. The van der Waals surface area contributed by atoms with Crippen molar-refractivity contribution >= 4 is 5.97 Å². The summed E-state index contributed by atoms with van der Waals surface area (Å²) in [6, 6.07) is -0.445. The van der Waals surface area contributed by atoms with E-state index in [1.54, 1.807) is 0 Å². The minimum atomic E-state index is -0.445. The van der Waals surface area contributed by atoms with Crippen molar-refractivity contribution in [3.8, 4) is 0 Å². The number of rotatable bonds is 6. The molecule has 14 heavy (non-hydrogen) atoms. The van der Waals surface area contributed by atoms with Crippen molar-refractivity contribution in [3.05, 3.63) is 0 Å². The minimum absolute atomic E-state index is 0.212. The molecule has 2 N–H and O–H groups in total. The number of hydrogen-bond acceptors (Lipinski definition) is 3. The van der Waals surface area contributed by atoms with Crippen LogP contribution in [0.2, 0.25) is 0 Å². The van der Waals surface area contributed by atoms with Crippen molar-refractivity contribution in [3.63, 3.8) is 0 Å². The number of esters is 1. The van der Waals surface area contributed by atoms with Crippen LogP contribution in [0.15, 0.2) is 0 Å². The summed E-state index contributed by atoms with van der Waals surface area (Å²) >= 11 is 0. The lowest BCUT2D eigenvalue weighted by molar-refractivity contribution is -0.146. The molecular weight excluding hydrogens is 178 g/mol. The van der Waals surface area contributed by atoms with Crippen molar-refractivity contribution in [2.75, 3.05) is 6.61 Å². The van der Waals surface area contributed by atoms with Crippen LogP contribution in [0.5, 0.6) is 0 Å². The van der Waals surface area contributed by atoms with Crippen LogP contribution in [0.1, 0.15) is 39.5 Å². The Morgan fingerprint density at radius 3 is 2.71 bits per heavy atom. The van der Waals surface area contributed by atoms with Gasteiger partial charge in [0, 0.05) is 0 Å². The first-order chi connectivity index (χ1) is 6.65. The van der Waals surface area contributed by atoms with Crippen LogP contribution in [0.25, 0.3) is 0 Å². The molecule has 0 aromatic rings. The Kier molecular flexibility index (Phi) is 4.39. The summed E-state index contributed by atoms with van der Waals surface area (Å²) < 4.78 is 5.11. The summed E-state index contributed by atoms with van der Waals surface area (Å²) in [5.74, 6) is 0.783. The van der Waals surface area contributed by atoms with Crippen LogP contribution >= 0.6 is 0 Å². The molecule has 1 aliphatic rings. The smallest absolute Gasteiger partial charge is 0.323 e. The van der Waals surface area contributed by atoms with Gasteiger partial charge in [-0.05, 0) is 18.3 Å². The lowest BCUT2D eigenvalue weighted by Crippen LogP contribution is -2.38. The Bertz CT molecular complexity index is 190. The maximum Gasteiger partial charge on any atom is 0.323 e. The zero-order chi connectivity index (χ0) is 10.6. The third-order valence-electron chi connectivity index (χ3n) is 3.00. The Morgan fingerprint density at radius 2 is 2.21 bits per heavy atom. The van der Waals surface area contributed by atoms with Gasteiger partial charge in [-0.3, -0.25) is 4.79 Å². The van der Waals surface area contributed by atoms with E-state index in [9.17, 15) is 4.79 Å². The molecule has 1 rings (SSSR count). The first kappa shape index (κ1) is 11.5. The fourth-order valence-electron chi connectivity index (χ4n) is 1.32. The van der Waals surface area contributed by atoms with E-state index in [1.165, 1.54) is 12.8 Å². The van der Waals surface area contributed by atoms with Gasteiger partial charge in [0.1, 0.15) is 6.04 Å². The van der Waals surface area contributed by atoms with Crippen LogP contribution in [0, 0.1) is 11.8 Å². The maximum atomic E-state index is 11.4. The Hall–Kier alpha value is -0.570. The molecule has 0 aliphatic heterocycles. The molecule has 3 heteroatoms. The lowest BCUT2D eigenvalue weighted by atomic mass is 10.0. The average Bonchev–Trinajstić information content (AvgIpc) is 2.99. The van der Waals surface area contributed by atoms with Crippen molar-refractivity contribution in [1.29, 1.82) is 0 Å². The molecular formula is C11H21NO2. The molecule has 1 saturated carbocycles. The molecule has 0 aromatic carbocycles. The van der Waals surface area contributed by atoms with Gasteiger partial charge in [0.05, 0.1) is 6.61 Å². The summed E-state index contributed by atoms with van der Waals surface area (Å²) in [5.41, 5.74) is 5.73. The van der Waals surface area contributed by atoms with Crippen LogP contribution in [-0.2, 0) is 9.53 Å². The molecule has 1 aliphatic carbocycles. The van der Waals surface area contributed by atoms with Crippen LogP contribution < -0.4 is 5.73 Å². The summed E-state index contributed by atoms with van der Waals surface area (Å²) in [7, 11) is 0. The van der Waals surface area contributed by atoms with Crippen LogP contribution in [0.4, 0.5) is 0 Å². The second kappa shape index (κ2) is 5.35. The van der Waals surface area contributed by atoms with Gasteiger partial charge in [0.25, 0.3) is 0 Å². The average molecular weight is 199 g/mol. The molecule has 0 aromatic heterocycles. The molecule has 1 unspecified atom stereocenters. The molecule has 0 saturated heterocycles. The van der Waals surface area contributed by atoms with E-state index in [-0.39, 0.29) is 11.9 Å². The highest BCUT2D eigenvalue weighted by molar-refractivity contribution is 5.75. The van der Waals surface area contributed by atoms with E-state index in [1.807, 2.05) is 13.8 Å². The number of carbonyl (C=O) groups excluding carboxylic acids is 1. The van der Waals surface area contributed by atoms with E-state index in [0.717, 1.165) is 18.8 Å². The van der Waals surface area contributed by atoms with Gasteiger partial charge in [0.15, 0.2) is 0 Å². The van der Waals surface area contributed by atoms with Crippen molar-refractivity contribution in [1.82, 2.24) is 0 Å². The summed E-state index contributed by atoms with van der Waals surface area (Å²) in [6.07, 6.45) is 4.53. The lowest BCUT2D eigenvalue weighted by Gasteiger charge is -2.16. The first-order valence-corrected chi connectivity index (χ1v) is 5.57. The minimum Gasteiger partial charge on any atom is -0.465 e. The molecule has 2 atom stereocenters. The number of hydrogen-bond donors (Lipinski definition) is 1. The zero-order valence-corrected chi connectivity index (χ0v) is 9.16. The highest BCUT2D eigenvalue weighted by Gasteiger charge is 2.23. The largest absolute Gasteiger partial charge is 0.465 e. The van der Waals surface area contributed by atoms with Gasteiger partial charge in [-0.1, -0.05) is 33.1 Å². The monoisotopic (exact) mass is 199 g/mol.